The zero-order valence-corrected chi connectivity index (χ0v) is 46.3. The van der Waals surface area contributed by atoms with Gasteiger partial charge >= 0.3 is 5.97 Å². The molecular weight excluding hydrogens is 931 g/mol. The molecule has 0 N–H and O–H groups in total. The van der Waals surface area contributed by atoms with E-state index in [-0.39, 0.29) is 26.0 Å². The molecule has 9 heteroatoms. The van der Waals surface area contributed by atoms with Crippen molar-refractivity contribution in [2.75, 3.05) is 26.4 Å². The van der Waals surface area contributed by atoms with E-state index in [1.165, 1.54) is 31.8 Å². The van der Waals surface area contributed by atoms with Gasteiger partial charge in [-0.15, -0.1) is 0 Å². The van der Waals surface area contributed by atoms with Crippen LogP contribution in [0.1, 0.15) is 223 Å². The number of fused-ring (bicyclic) bond motifs is 8. The second-order valence-electron chi connectivity index (χ2n) is 20.5. The van der Waals surface area contributed by atoms with Gasteiger partial charge < -0.3 is 28.5 Å². The van der Waals surface area contributed by atoms with E-state index in [0.29, 0.717) is 52.1 Å². The largest absolute Gasteiger partial charge is 0.493 e. The number of benzene rings is 4. The standard InChI is InChI=1S/C66H87N3O6/c1-7-12-16-20-24-32-71-63-54-36-50(28-30-67)38-56(63)45-58-40-52(48-69-6)41-59(65(58)73-34-26-22-18-14-9-3)47-61-43-53(49-75-62(70)11-5)42-60(66(61)74-35-27-23-19-15-10-4)46-57-39-51(29-31-68)37-55(44-54)64(57)72-33-25-21-17-13-8-2/h11,36-43H,5,7-10,12-29,32-35,44-49H2,1-4H3. The van der Waals surface area contributed by atoms with Gasteiger partial charge in [-0.2, -0.15) is 10.5 Å². The summed E-state index contributed by atoms with van der Waals surface area (Å²) in [6.45, 7) is 23.0. The van der Waals surface area contributed by atoms with E-state index in [1.54, 1.807) is 0 Å². The van der Waals surface area contributed by atoms with Gasteiger partial charge in [0.1, 0.15) is 29.6 Å². The lowest BCUT2D eigenvalue weighted by Crippen LogP contribution is -2.12. The Balaban J connectivity index is 1.86. The average molecular weight is 1020 g/mol. The van der Waals surface area contributed by atoms with Gasteiger partial charge in [0, 0.05) is 37.3 Å². The second-order valence-corrected chi connectivity index (χ2v) is 20.5. The number of hydrogen-bond donors (Lipinski definition) is 0. The predicted octanol–water partition coefficient (Wildman–Crippen LogP) is 16.5. The summed E-state index contributed by atoms with van der Waals surface area (Å²) in [7, 11) is 0. The van der Waals surface area contributed by atoms with Crippen molar-refractivity contribution < 1.29 is 28.5 Å². The molecule has 0 unspecified atom stereocenters. The Morgan fingerprint density at radius 1 is 0.480 bits per heavy atom. The first kappa shape index (κ1) is 59.6. The average Bonchev–Trinajstić information content (AvgIpc) is 3.39. The van der Waals surface area contributed by atoms with Crippen LogP contribution >= 0.6 is 0 Å². The Labute approximate surface area is 451 Å². The SMILES string of the molecule is [C-]#[N+]Cc1cc2c(OCCCCCCC)c(c1)Cc1cc(COC(=O)C=C)cc(c1OCCCCCCC)Cc1cc(CC#N)cc(c1OCCCCCCC)Cc1cc(CC#N)cc(c1OCCCCCCC)C2. The minimum atomic E-state index is -0.504. The molecule has 9 nitrogen and oxygen atoms in total. The summed E-state index contributed by atoms with van der Waals surface area (Å²) in [4.78, 5) is 16.6. The molecule has 4 aromatic carbocycles. The predicted molar refractivity (Wildman–Crippen MR) is 303 cm³/mol. The van der Waals surface area contributed by atoms with Gasteiger partial charge in [0.05, 0.1) is 51.4 Å². The third-order valence-electron chi connectivity index (χ3n) is 14.1. The number of hydrogen-bond acceptors (Lipinski definition) is 8. The fourth-order valence-electron chi connectivity index (χ4n) is 10.3. The van der Waals surface area contributed by atoms with Gasteiger partial charge in [-0.25, -0.2) is 11.4 Å². The summed E-state index contributed by atoms with van der Waals surface area (Å²) < 4.78 is 33.9. The van der Waals surface area contributed by atoms with Crippen LogP contribution in [0.2, 0.25) is 0 Å². The topological polar surface area (TPSA) is 115 Å². The minimum absolute atomic E-state index is 0.0359. The van der Waals surface area contributed by atoms with Crippen LogP contribution < -0.4 is 18.9 Å². The van der Waals surface area contributed by atoms with Crippen LogP contribution in [-0.4, -0.2) is 32.4 Å². The highest BCUT2D eigenvalue weighted by molar-refractivity contribution is 5.81. The van der Waals surface area contributed by atoms with Crippen molar-refractivity contribution in [2.45, 2.75) is 208 Å². The maximum absolute atomic E-state index is 12.7. The normalized spacial score (nSPS) is 11.7. The maximum Gasteiger partial charge on any atom is 0.330 e. The summed E-state index contributed by atoms with van der Waals surface area (Å²) in [5.41, 5.74) is 11.1. The number of ether oxygens (including phenoxy) is 5. The van der Waals surface area contributed by atoms with Crippen molar-refractivity contribution in [1.29, 1.82) is 10.5 Å². The summed E-state index contributed by atoms with van der Waals surface area (Å²) in [6.07, 6.45) is 25.2. The number of esters is 1. The highest BCUT2D eigenvalue weighted by Crippen LogP contribution is 2.41. The van der Waals surface area contributed by atoms with Crippen LogP contribution in [0.3, 0.4) is 0 Å². The van der Waals surface area contributed by atoms with Crippen molar-refractivity contribution >= 4 is 5.97 Å². The van der Waals surface area contributed by atoms with Crippen molar-refractivity contribution in [3.05, 3.63) is 139 Å². The third-order valence-corrected chi connectivity index (χ3v) is 14.1. The van der Waals surface area contributed by atoms with Crippen LogP contribution in [0.5, 0.6) is 23.0 Å². The number of nitriles is 2. The van der Waals surface area contributed by atoms with Crippen molar-refractivity contribution in [3.8, 4) is 35.1 Å². The molecule has 4 aromatic rings. The molecule has 0 saturated heterocycles. The molecule has 402 valence electrons. The van der Waals surface area contributed by atoms with Crippen LogP contribution in [-0.2, 0) is 61.2 Å². The fourth-order valence-corrected chi connectivity index (χ4v) is 10.3. The van der Waals surface area contributed by atoms with Gasteiger partial charge in [-0.3, -0.25) is 0 Å². The fraction of sp³-hybridized carbons (Fsp3) is 0.545. The van der Waals surface area contributed by atoms with Crippen LogP contribution in [0.15, 0.2) is 61.2 Å². The highest BCUT2D eigenvalue weighted by atomic mass is 16.5. The van der Waals surface area contributed by atoms with Crippen molar-refractivity contribution in [3.63, 3.8) is 0 Å². The Hall–Kier alpha value is -6.24. The Morgan fingerprint density at radius 3 is 1.03 bits per heavy atom. The molecule has 0 radical (unpaired) electrons. The van der Waals surface area contributed by atoms with Gasteiger partial charge in [0.2, 0.25) is 6.54 Å². The lowest BCUT2D eigenvalue weighted by Gasteiger charge is -2.24. The van der Waals surface area contributed by atoms with E-state index in [0.717, 1.165) is 192 Å². The molecule has 1 aliphatic carbocycles. The number of unbranched alkanes of at least 4 members (excludes halogenated alkanes) is 16. The van der Waals surface area contributed by atoms with Gasteiger partial charge in [0.25, 0.3) is 0 Å². The van der Waals surface area contributed by atoms with Crippen molar-refractivity contribution in [1.82, 2.24) is 0 Å². The molecule has 75 heavy (non-hydrogen) atoms. The zero-order chi connectivity index (χ0) is 53.5. The van der Waals surface area contributed by atoms with Crippen LogP contribution in [0, 0.1) is 29.2 Å². The van der Waals surface area contributed by atoms with E-state index in [9.17, 15) is 15.3 Å². The summed E-state index contributed by atoms with van der Waals surface area (Å²) in [5, 5.41) is 20.5. The summed E-state index contributed by atoms with van der Waals surface area (Å²) in [5.74, 6) is 2.66. The van der Waals surface area contributed by atoms with E-state index >= 15 is 0 Å². The lowest BCUT2D eigenvalue weighted by atomic mass is 9.88. The summed E-state index contributed by atoms with van der Waals surface area (Å²) >= 11 is 0. The molecule has 0 saturated carbocycles. The molecule has 5 rings (SSSR count). The minimum Gasteiger partial charge on any atom is -0.493 e. The molecule has 1 aliphatic rings. The molecule has 0 amide bonds. The van der Waals surface area contributed by atoms with Gasteiger partial charge in [-0.05, 0) is 111 Å². The third kappa shape index (κ3) is 19.8. The maximum atomic E-state index is 12.7. The molecule has 8 bridgehead atoms. The van der Waals surface area contributed by atoms with Crippen LogP contribution in [0.4, 0.5) is 0 Å². The van der Waals surface area contributed by atoms with Crippen molar-refractivity contribution in [2.24, 2.45) is 0 Å². The molecule has 0 aromatic heterocycles. The first-order valence-electron chi connectivity index (χ1n) is 28.7. The summed E-state index contributed by atoms with van der Waals surface area (Å²) in [6, 6.07) is 21.9. The first-order chi connectivity index (χ1) is 36.8. The Morgan fingerprint density at radius 2 is 0.760 bits per heavy atom. The van der Waals surface area contributed by atoms with Gasteiger partial charge in [-0.1, -0.05) is 161 Å². The quantitative estimate of drug-likeness (QED) is 0.0173. The lowest BCUT2D eigenvalue weighted by molar-refractivity contribution is -0.138. The molecule has 0 aliphatic heterocycles. The first-order valence-corrected chi connectivity index (χ1v) is 28.7. The molecular formula is C66H87N3O6. The van der Waals surface area contributed by atoms with Gasteiger partial charge in [0.15, 0.2) is 0 Å². The Bertz CT molecular complexity index is 2410. The van der Waals surface area contributed by atoms with E-state index in [4.69, 9.17) is 30.3 Å². The number of carbonyl (C=O) groups excluding carboxylic acids is 1. The smallest absolute Gasteiger partial charge is 0.330 e. The monoisotopic (exact) mass is 1020 g/mol. The molecule has 0 fully saturated rings. The molecule has 0 spiro atoms. The number of carbonyl (C=O) groups is 1. The van der Waals surface area contributed by atoms with Crippen LogP contribution in [0.25, 0.3) is 4.85 Å². The highest BCUT2D eigenvalue weighted by Gasteiger charge is 2.25. The second kappa shape index (κ2) is 34.4. The zero-order valence-electron chi connectivity index (χ0n) is 46.3. The molecule has 0 atom stereocenters. The van der Waals surface area contributed by atoms with E-state index in [1.807, 2.05) is 0 Å². The Kier molecular flexibility index (Phi) is 27.3. The number of nitrogens with zero attached hydrogens (tertiary/aromatic N) is 3. The van der Waals surface area contributed by atoms with E-state index < -0.39 is 5.97 Å². The number of rotatable bonds is 34. The van der Waals surface area contributed by atoms with E-state index in [2.05, 4.69) is 99.8 Å². The molecule has 0 heterocycles.